The van der Waals surface area contributed by atoms with E-state index in [2.05, 4.69) is 20.9 Å². The van der Waals surface area contributed by atoms with Gasteiger partial charge in [-0.2, -0.15) is 5.10 Å². The van der Waals surface area contributed by atoms with Crippen molar-refractivity contribution in [2.24, 2.45) is 11.1 Å². The molecule has 1 aromatic carbocycles. The van der Waals surface area contributed by atoms with Crippen LogP contribution in [-0.4, -0.2) is 38.4 Å². The molecular formula is C28H36F2N6O5. The van der Waals surface area contributed by atoms with Crippen LogP contribution in [0.5, 0.6) is 0 Å². The Morgan fingerprint density at radius 3 is 2.17 bits per heavy atom. The molecule has 0 spiro atoms. The molecule has 11 nitrogen and oxygen atoms in total. The van der Waals surface area contributed by atoms with E-state index in [9.17, 15) is 14.4 Å². The lowest BCUT2D eigenvalue weighted by atomic mass is 9.91. The Hall–Kier alpha value is -4.29. The van der Waals surface area contributed by atoms with E-state index in [1.807, 2.05) is 20.8 Å². The molecule has 0 aliphatic rings. The van der Waals surface area contributed by atoms with Crippen molar-refractivity contribution in [3.8, 4) is 11.3 Å². The van der Waals surface area contributed by atoms with Crippen LogP contribution in [-0.2, 0) is 22.4 Å². The number of carbonyl (C=O) groups excluding carboxylic acids is 3. The molecule has 3 aromatic rings. The third kappa shape index (κ3) is 8.12. The number of amides is 3. The van der Waals surface area contributed by atoms with Crippen molar-refractivity contribution in [1.82, 2.24) is 14.9 Å². The number of primary amides is 1. The van der Waals surface area contributed by atoms with E-state index < -0.39 is 47.1 Å². The minimum Gasteiger partial charge on any atom is -0.444 e. The summed E-state index contributed by atoms with van der Waals surface area (Å²) in [7, 11) is 0. The monoisotopic (exact) mass is 574 g/mol. The van der Waals surface area contributed by atoms with E-state index in [1.54, 1.807) is 40.7 Å². The van der Waals surface area contributed by atoms with Crippen LogP contribution in [0, 0.1) is 17.0 Å². The van der Waals surface area contributed by atoms with Crippen LogP contribution < -0.4 is 16.4 Å². The number of nitrogens with one attached hydrogen (secondary N) is 2. The summed E-state index contributed by atoms with van der Waals surface area (Å²) < 4.78 is 42.0. The first kappa shape index (κ1) is 31.2. The summed E-state index contributed by atoms with van der Waals surface area (Å²) in [5.41, 5.74) is 4.31. The van der Waals surface area contributed by atoms with Gasteiger partial charge in [0.1, 0.15) is 34.3 Å². The fraction of sp³-hybridized carbons (Fsp3) is 0.464. The van der Waals surface area contributed by atoms with E-state index in [0.717, 1.165) is 12.1 Å². The molecular weight excluding hydrogens is 538 g/mol. The average Bonchev–Trinajstić information content (AvgIpc) is 3.37. The fourth-order valence-corrected chi connectivity index (χ4v) is 4.01. The molecule has 0 aliphatic heterocycles. The first-order valence-corrected chi connectivity index (χ1v) is 13.0. The zero-order valence-electron chi connectivity index (χ0n) is 24.4. The van der Waals surface area contributed by atoms with Gasteiger partial charge in [0, 0.05) is 23.2 Å². The number of aromatic nitrogens is 3. The van der Waals surface area contributed by atoms with Gasteiger partial charge in [0.05, 0.1) is 12.1 Å². The van der Waals surface area contributed by atoms with Crippen molar-refractivity contribution in [2.45, 2.75) is 79.9 Å². The van der Waals surface area contributed by atoms with Gasteiger partial charge in [-0.15, -0.1) is 0 Å². The summed E-state index contributed by atoms with van der Waals surface area (Å²) in [5, 5.41) is 13.1. The zero-order chi connectivity index (χ0) is 30.9. The lowest BCUT2D eigenvalue weighted by molar-refractivity contribution is -0.115. The van der Waals surface area contributed by atoms with Crippen LogP contribution in [0.25, 0.3) is 11.3 Å². The number of hydrogen-bond donors (Lipinski definition) is 3. The molecule has 4 N–H and O–H groups in total. The van der Waals surface area contributed by atoms with Crippen molar-refractivity contribution in [2.75, 3.05) is 10.6 Å². The number of halogens is 2. The Labute approximate surface area is 236 Å². The molecule has 0 bridgehead atoms. The van der Waals surface area contributed by atoms with Gasteiger partial charge in [-0.3, -0.25) is 20.2 Å². The Bertz CT molecular complexity index is 1440. The van der Waals surface area contributed by atoms with Gasteiger partial charge in [-0.25, -0.2) is 18.3 Å². The maximum Gasteiger partial charge on any atom is 0.413 e. The quantitative estimate of drug-likeness (QED) is 0.316. The van der Waals surface area contributed by atoms with Crippen molar-refractivity contribution < 1.29 is 32.4 Å². The molecule has 13 heteroatoms. The van der Waals surface area contributed by atoms with Crippen LogP contribution in [0.1, 0.15) is 83.0 Å². The van der Waals surface area contributed by atoms with E-state index in [4.69, 9.17) is 15.0 Å². The number of nitrogens with two attached hydrogens (primary N) is 1. The molecule has 0 fully saturated rings. The highest BCUT2D eigenvalue weighted by atomic mass is 19.1. The molecule has 0 saturated heterocycles. The molecule has 0 atom stereocenters. The molecule has 0 saturated carbocycles. The van der Waals surface area contributed by atoms with Crippen LogP contribution >= 0.6 is 0 Å². The summed E-state index contributed by atoms with van der Waals surface area (Å²) >= 11 is 0. The average molecular weight is 575 g/mol. The summed E-state index contributed by atoms with van der Waals surface area (Å²) in [4.78, 5) is 37.5. The number of anilines is 2. The summed E-state index contributed by atoms with van der Waals surface area (Å²) in [5.74, 6) is -3.82. The smallest absolute Gasteiger partial charge is 0.413 e. The number of benzene rings is 1. The number of nitrogens with zero attached hydrogens (tertiary/aromatic N) is 3. The molecule has 3 amide bonds. The number of rotatable bonds is 8. The SMILES string of the molecule is CC(C)n1nc(-c2cc(F)c(CC(=O)Nc3cc(CC(C)(C)C)no3)c(F)c2)c(C(N)=O)c1NC(=O)OC(C)(C)C. The molecule has 3 rings (SSSR count). The lowest BCUT2D eigenvalue weighted by Crippen LogP contribution is -2.29. The second kappa shape index (κ2) is 11.7. The Morgan fingerprint density at radius 1 is 1.05 bits per heavy atom. The largest absolute Gasteiger partial charge is 0.444 e. The number of hydrogen-bond acceptors (Lipinski definition) is 7. The van der Waals surface area contributed by atoms with E-state index in [1.165, 1.54) is 4.68 Å². The summed E-state index contributed by atoms with van der Waals surface area (Å²) in [6, 6.07) is 3.05. The third-order valence-corrected chi connectivity index (χ3v) is 5.55. The maximum atomic E-state index is 15.2. The second-order valence-electron chi connectivity index (χ2n) is 12.2. The fourth-order valence-electron chi connectivity index (χ4n) is 4.01. The zero-order valence-corrected chi connectivity index (χ0v) is 24.4. The topological polar surface area (TPSA) is 154 Å². The van der Waals surface area contributed by atoms with Crippen LogP contribution in [0.4, 0.5) is 25.3 Å². The van der Waals surface area contributed by atoms with Crippen molar-refractivity contribution in [3.05, 3.63) is 46.7 Å². The normalized spacial score (nSPS) is 12.0. The van der Waals surface area contributed by atoms with E-state index in [0.29, 0.717) is 12.1 Å². The molecule has 2 heterocycles. The Morgan fingerprint density at radius 2 is 1.66 bits per heavy atom. The predicted molar refractivity (Wildman–Crippen MR) is 148 cm³/mol. The van der Waals surface area contributed by atoms with Gasteiger partial charge < -0.3 is 15.0 Å². The van der Waals surface area contributed by atoms with Crippen LogP contribution in [0.3, 0.4) is 0 Å². The van der Waals surface area contributed by atoms with Gasteiger partial charge in [-0.1, -0.05) is 25.9 Å². The van der Waals surface area contributed by atoms with Gasteiger partial charge in [-0.05, 0) is 58.6 Å². The van der Waals surface area contributed by atoms with Gasteiger partial charge in [0.15, 0.2) is 0 Å². The minimum atomic E-state index is -1.04. The van der Waals surface area contributed by atoms with Crippen molar-refractivity contribution in [3.63, 3.8) is 0 Å². The van der Waals surface area contributed by atoms with E-state index >= 15 is 8.78 Å². The van der Waals surface area contributed by atoms with Gasteiger partial charge in [0.25, 0.3) is 5.91 Å². The molecule has 41 heavy (non-hydrogen) atoms. The first-order valence-electron chi connectivity index (χ1n) is 13.0. The summed E-state index contributed by atoms with van der Waals surface area (Å²) in [6.45, 7) is 14.5. The lowest BCUT2D eigenvalue weighted by Gasteiger charge is -2.20. The molecule has 0 unspecified atom stereocenters. The van der Waals surface area contributed by atoms with Crippen molar-refractivity contribution >= 4 is 29.6 Å². The highest BCUT2D eigenvalue weighted by molar-refractivity contribution is 6.06. The highest BCUT2D eigenvalue weighted by Gasteiger charge is 2.29. The summed E-state index contributed by atoms with van der Waals surface area (Å²) in [6.07, 6.45) is -0.905. The molecule has 222 valence electrons. The van der Waals surface area contributed by atoms with Gasteiger partial charge >= 0.3 is 6.09 Å². The first-order chi connectivity index (χ1) is 18.8. The standard InChI is InChI=1S/C28H36F2N6O5/c1-14(2)36-25(33-26(39)40-28(6,7)8)22(24(31)38)23(34-36)15-9-18(29)17(19(30)10-15)12-20(37)32-21-11-16(35-41-21)13-27(3,4)5/h9-11,14H,12-13H2,1-8H3,(H2,31,38)(H,32,37)(H,33,39). The van der Waals surface area contributed by atoms with Crippen LogP contribution in [0.15, 0.2) is 22.7 Å². The van der Waals surface area contributed by atoms with Crippen molar-refractivity contribution in [1.29, 1.82) is 0 Å². The third-order valence-electron chi connectivity index (χ3n) is 5.55. The molecule has 0 aliphatic carbocycles. The van der Waals surface area contributed by atoms with Gasteiger partial charge in [0.2, 0.25) is 11.8 Å². The second-order valence-corrected chi connectivity index (χ2v) is 12.2. The Kier molecular flexibility index (Phi) is 8.89. The maximum absolute atomic E-state index is 15.2. The molecule has 0 radical (unpaired) electrons. The Balaban J connectivity index is 1.91. The minimum absolute atomic E-state index is 0.0574. The highest BCUT2D eigenvalue weighted by Crippen LogP contribution is 2.33. The van der Waals surface area contributed by atoms with E-state index in [-0.39, 0.29) is 40.0 Å². The number of carbonyl (C=O) groups is 3. The van der Waals surface area contributed by atoms with Crippen LogP contribution in [0.2, 0.25) is 0 Å². The molecule has 2 aromatic heterocycles. The predicted octanol–water partition coefficient (Wildman–Crippen LogP) is 5.61. The number of ether oxygens (including phenoxy) is 1.